The van der Waals surface area contributed by atoms with Crippen molar-refractivity contribution in [2.24, 2.45) is 0 Å². The molecule has 136 valence electrons. The number of rotatable bonds is 6. The lowest BCUT2D eigenvalue weighted by Gasteiger charge is -2.09. The molecule has 1 heterocycles. The molecule has 3 aromatic rings. The lowest BCUT2D eigenvalue weighted by atomic mass is 10.2. The van der Waals surface area contributed by atoms with Gasteiger partial charge in [-0.2, -0.15) is 0 Å². The van der Waals surface area contributed by atoms with Crippen molar-refractivity contribution in [3.8, 4) is 0 Å². The monoisotopic (exact) mass is 360 g/mol. The van der Waals surface area contributed by atoms with Crippen LogP contribution in [0, 0.1) is 0 Å². The molecule has 0 unspecified atom stereocenters. The van der Waals surface area contributed by atoms with Gasteiger partial charge >= 0.3 is 0 Å². The summed E-state index contributed by atoms with van der Waals surface area (Å²) in [5, 5.41) is 8.76. The molecule has 0 spiro atoms. The number of carbonyl (C=O) groups is 2. The van der Waals surface area contributed by atoms with Gasteiger partial charge in [0.15, 0.2) is 0 Å². The molecule has 0 bridgehead atoms. The number of benzene rings is 2. The van der Waals surface area contributed by atoms with E-state index in [0.29, 0.717) is 17.9 Å². The van der Waals surface area contributed by atoms with Gasteiger partial charge in [0.2, 0.25) is 5.91 Å². The van der Waals surface area contributed by atoms with E-state index in [1.54, 1.807) is 30.5 Å². The number of hydrogen-bond donors (Lipinski definition) is 3. The van der Waals surface area contributed by atoms with Crippen LogP contribution in [-0.2, 0) is 11.3 Å². The summed E-state index contributed by atoms with van der Waals surface area (Å²) in [5.74, 6) is 0.284. The number of pyridine rings is 1. The average molecular weight is 360 g/mol. The normalized spacial score (nSPS) is 10.1. The zero-order valence-corrected chi connectivity index (χ0v) is 14.9. The predicted octanol–water partition coefficient (Wildman–Crippen LogP) is 3.71. The van der Waals surface area contributed by atoms with E-state index in [-0.39, 0.29) is 11.8 Å². The van der Waals surface area contributed by atoms with Crippen molar-refractivity contribution < 1.29 is 9.59 Å². The number of anilines is 3. The molecule has 2 aromatic carbocycles. The number of amides is 2. The fourth-order valence-corrected chi connectivity index (χ4v) is 2.51. The maximum atomic E-state index is 12.4. The number of nitrogens with zero attached hydrogens (tertiary/aromatic N) is 1. The molecule has 3 N–H and O–H groups in total. The topological polar surface area (TPSA) is 83.1 Å². The Hall–Kier alpha value is -3.67. The Morgan fingerprint density at radius 2 is 1.63 bits per heavy atom. The second-order valence-corrected chi connectivity index (χ2v) is 5.98. The summed E-state index contributed by atoms with van der Waals surface area (Å²) in [5.41, 5.74) is 3.09. The minimum absolute atomic E-state index is 0.119. The Balaban J connectivity index is 1.62. The van der Waals surface area contributed by atoms with Gasteiger partial charge in [0.25, 0.3) is 5.91 Å². The van der Waals surface area contributed by atoms with Crippen LogP contribution in [-0.4, -0.2) is 16.8 Å². The third kappa shape index (κ3) is 5.40. The Morgan fingerprint density at radius 1 is 0.926 bits per heavy atom. The van der Waals surface area contributed by atoms with Gasteiger partial charge in [-0.05, 0) is 42.0 Å². The molecule has 0 saturated heterocycles. The van der Waals surface area contributed by atoms with Gasteiger partial charge in [0.1, 0.15) is 5.82 Å². The Bertz CT molecular complexity index is 924. The van der Waals surface area contributed by atoms with Gasteiger partial charge in [0, 0.05) is 36.6 Å². The fourth-order valence-electron chi connectivity index (χ4n) is 2.51. The molecule has 0 aliphatic carbocycles. The number of aromatic nitrogens is 1. The summed E-state index contributed by atoms with van der Waals surface area (Å²) in [6.07, 6.45) is 1.59. The number of nitrogens with one attached hydrogen (secondary N) is 3. The van der Waals surface area contributed by atoms with Crippen LogP contribution in [0.2, 0.25) is 0 Å². The predicted molar refractivity (Wildman–Crippen MR) is 106 cm³/mol. The van der Waals surface area contributed by atoms with E-state index in [4.69, 9.17) is 0 Å². The second kappa shape index (κ2) is 8.62. The molecule has 0 aliphatic rings. The summed E-state index contributed by atoms with van der Waals surface area (Å²) in [7, 11) is 0. The zero-order chi connectivity index (χ0) is 19.1. The van der Waals surface area contributed by atoms with E-state index in [2.05, 4.69) is 20.9 Å². The Labute approximate surface area is 157 Å². The van der Waals surface area contributed by atoms with Crippen molar-refractivity contribution in [2.75, 3.05) is 10.6 Å². The molecule has 0 fully saturated rings. The van der Waals surface area contributed by atoms with Crippen molar-refractivity contribution >= 4 is 29.0 Å². The first-order valence-corrected chi connectivity index (χ1v) is 8.53. The summed E-state index contributed by atoms with van der Waals surface area (Å²) >= 11 is 0. The minimum Gasteiger partial charge on any atom is -0.348 e. The molecule has 6 heteroatoms. The van der Waals surface area contributed by atoms with Crippen molar-refractivity contribution in [3.05, 3.63) is 84.1 Å². The summed E-state index contributed by atoms with van der Waals surface area (Å²) in [4.78, 5) is 27.7. The lowest BCUT2D eigenvalue weighted by Crippen LogP contribution is -2.22. The molecule has 2 amide bonds. The van der Waals surface area contributed by atoms with E-state index >= 15 is 0 Å². The van der Waals surface area contributed by atoms with Gasteiger partial charge in [-0.25, -0.2) is 4.98 Å². The quantitative estimate of drug-likeness (QED) is 0.626. The number of carbonyl (C=O) groups excluding carboxylic acids is 2. The first-order valence-electron chi connectivity index (χ1n) is 8.53. The molecule has 0 aliphatic heterocycles. The molecular formula is C21H20N4O2. The lowest BCUT2D eigenvalue weighted by molar-refractivity contribution is -0.114. The molecule has 0 radical (unpaired) electrons. The summed E-state index contributed by atoms with van der Waals surface area (Å²) < 4.78 is 0. The van der Waals surface area contributed by atoms with Crippen LogP contribution in [0.4, 0.5) is 17.2 Å². The Morgan fingerprint density at radius 3 is 2.33 bits per heavy atom. The van der Waals surface area contributed by atoms with Gasteiger partial charge in [-0.1, -0.05) is 30.3 Å². The van der Waals surface area contributed by atoms with Crippen molar-refractivity contribution in [2.45, 2.75) is 13.5 Å². The van der Waals surface area contributed by atoms with Crippen LogP contribution in [0.15, 0.2) is 72.9 Å². The smallest absolute Gasteiger partial charge is 0.251 e. The highest BCUT2D eigenvalue weighted by Crippen LogP contribution is 2.18. The van der Waals surface area contributed by atoms with Crippen LogP contribution in [0.1, 0.15) is 22.8 Å². The van der Waals surface area contributed by atoms with E-state index < -0.39 is 0 Å². The van der Waals surface area contributed by atoms with E-state index in [1.165, 1.54) is 6.92 Å². The molecular weight excluding hydrogens is 340 g/mol. The maximum Gasteiger partial charge on any atom is 0.251 e. The molecule has 3 rings (SSSR count). The van der Waals surface area contributed by atoms with Crippen LogP contribution in [0.3, 0.4) is 0 Å². The van der Waals surface area contributed by atoms with E-state index in [0.717, 1.165) is 16.9 Å². The molecule has 1 aromatic heterocycles. The first kappa shape index (κ1) is 18.1. The van der Waals surface area contributed by atoms with Crippen LogP contribution in [0.5, 0.6) is 0 Å². The maximum absolute atomic E-state index is 12.4. The van der Waals surface area contributed by atoms with Crippen LogP contribution >= 0.6 is 0 Å². The first-order chi connectivity index (χ1) is 13.1. The highest BCUT2D eigenvalue weighted by Gasteiger charge is 2.07. The molecule has 6 nitrogen and oxygen atoms in total. The van der Waals surface area contributed by atoms with Crippen LogP contribution < -0.4 is 16.0 Å². The molecule has 0 saturated carbocycles. The highest BCUT2D eigenvalue weighted by molar-refractivity contribution is 5.95. The standard InChI is InChI=1S/C21H20N4O2/c1-15(26)24-18-7-9-19(10-8-18)25-20-13-17(11-12-22-20)21(27)23-14-16-5-3-2-4-6-16/h2-13H,14H2,1H3,(H,22,25)(H,23,27)(H,24,26). The highest BCUT2D eigenvalue weighted by atomic mass is 16.2. The van der Waals surface area contributed by atoms with E-state index in [9.17, 15) is 9.59 Å². The van der Waals surface area contributed by atoms with Crippen molar-refractivity contribution in [1.29, 1.82) is 0 Å². The third-order valence-electron chi connectivity index (χ3n) is 3.80. The Kier molecular flexibility index (Phi) is 5.79. The van der Waals surface area contributed by atoms with Crippen molar-refractivity contribution in [3.63, 3.8) is 0 Å². The second-order valence-electron chi connectivity index (χ2n) is 5.98. The summed E-state index contributed by atoms with van der Waals surface area (Å²) in [6.45, 7) is 1.93. The van der Waals surface area contributed by atoms with Crippen molar-refractivity contribution in [1.82, 2.24) is 10.3 Å². The molecule has 0 atom stereocenters. The van der Waals surface area contributed by atoms with Gasteiger partial charge in [-0.15, -0.1) is 0 Å². The van der Waals surface area contributed by atoms with Gasteiger partial charge in [-0.3, -0.25) is 9.59 Å². The molecule has 27 heavy (non-hydrogen) atoms. The fraction of sp³-hybridized carbons (Fsp3) is 0.0952. The van der Waals surface area contributed by atoms with E-state index in [1.807, 2.05) is 42.5 Å². The van der Waals surface area contributed by atoms with Crippen LogP contribution in [0.25, 0.3) is 0 Å². The minimum atomic E-state index is -0.162. The third-order valence-corrected chi connectivity index (χ3v) is 3.80. The SMILES string of the molecule is CC(=O)Nc1ccc(Nc2cc(C(=O)NCc3ccccc3)ccn2)cc1. The van der Waals surface area contributed by atoms with Gasteiger partial charge < -0.3 is 16.0 Å². The zero-order valence-electron chi connectivity index (χ0n) is 14.9. The van der Waals surface area contributed by atoms with Gasteiger partial charge in [0.05, 0.1) is 0 Å². The average Bonchev–Trinajstić information content (AvgIpc) is 2.68. The number of hydrogen-bond acceptors (Lipinski definition) is 4. The largest absolute Gasteiger partial charge is 0.348 e. The summed E-state index contributed by atoms with van der Waals surface area (Å²) in [6, 6.07) is 20.3.